The van der Waals surface area contributed by atoms with Crippen molar-refractivity contribution in [1.29, 1.82) is 0 Å². The highest BCUT2D eigenvalue weighted by Gasteiger charge is 2.13. The maximum absolute atomic E-state index is 12.2. The van der Waals surface area contributed by atoms with Crippen molar-refractivity contribution in [3.63, 3.8) is 0 Å². The van der Waals surface area contributed by atoms with E-state index in [9.17, 15) is 9.90 Å². The summed E-state index contributed by atoms with van der Waals surface area (Å²) in [4.78, 5) is 12.2. The molecule has 1 atom stereocenters. The van der Waals surface area contributed by atoms with Gasteiger partial charge in [-0.15, -0.1) is 0 Å². The van der Waals surface area contributed by atoms with Crippen LogP contribution in [0.3, 0.4) is 0 Å². The standard InChI is InChI=1S/C42H72O4/c1-3-5-7-9-11-13-15-17-18-19-20-21-22-23-24-25-27-29-31-33-35-37-42(44)46-41(39-43)40-45-38-36-34-32-30-28-26-16-14-12-10-8-6-4-2/h5,7,11-14,17-18,20-21,23-24,41,43H,3-4,6,8-10,15-16,19,22,25-40H2,1-2H3/b7-5-,13-11-,14-12-,18-17-,21-20-,24-23-. The zero-order chi connectivity index (χ0) is 33.4. The SMILES string of the molecule is CC/C=C\C/C=C\C/C=C\C/C=C\C/C=C\CCCCCCCC(=O)OC(CO)COCCCCCCCC/C=C\CCCCC. The van der Waals surface area contributed by atoms with E-state index in [2.05, 4.69) is 86.8 Å². The first-order valence-electron chi connectivity index (χ1n) is 19.0. The van der Waals surface area contributed by atoms with Crippen LogP contribution in [0, 0.1) is 0 Å². The summed E-state index contributed by atoms with van der Waals surface area (Å²) in [5.41, 5.74) is 0. The molecule has 0 heterocycles. The first kappa shape index (κ1) is 43.8. The van der Waals surface area contributed by atoms with Gasteiger partial charge in [-0.1, -0.05) is 145 Å². The van der Waals surface area contributed by atoms with Gasteiger partial charge in [0.25, 0.3) is 0 Å². The molecular weight excluding hydrogens is 568 g/mol. The van der Waals surface area contributed by atoms with E-state index in [0.29, 0.717) is 13.0 Å². The number of carbonyl (C=O) groups excluding carboxylic acids is 1. The molecule has 264 valence electrons. The van der Waals surface area contributed by atoms with Crippen LogP contribution < -0.4 is 0 Å². The number of rotatable bonds is 34. The second kappa shape index (κ2) is 39.0. The van der Waals surface area contributed by atoms with Crippen LogP contribution >= 0.6 is 0 Å². The molecule has 0 aliphatic rings. The van der Waals surface area contributed by atoms with Crippen LogP contribution in [0.1, 0.15) is 162 Å². The highest BCUT2D eigenvalue weighted by atomic mass is 16.6. The Labute approximate surface area is 285 Å². The summed E-state index contributed by atoms with van der Waals surface area (Å²) in [5.74, 6) is -0.225. The Morgan fingerprint density at radius 1 is 0.543 bits per heavy atom. The number of hydrogen-bond acceptors (Lipinski definition) is 4. The summed E-state index contributed by atoms with van der Waals surface area (Å²) in [7, 11) is 0. The van der Waals surface area contributed by atoms with E-state index < -0.39 is 6.10 Å². The van der Waals surface area contributed by atoms with Crippen LogP contribution in [-0.2, 0) is 14.3 Å². The molecule has 1 N–H and O–H groups in total. The summed E-state index contributed by atoms with van der Waals surface area (Å²) in [5, 5.41) is 9.56. The molecule has 0 radical (unpaired) electrons. The molecule has 0 fully saturated rings. The van der Waals surface area contributed by atoms with Crippen molar-refractivity contribution < 1.29 is 19.4 Å². The average molecular weight is 641 g/mol. The minimum absolute atomic E-state index is 0.186. The van der Waals surface area contributed by atoms with Crippen molar-refractivity contribution in [2.75, 3.05) is 19.8 Å². The predicted molar refractivity (Wildman–Crippen MR) is 200 cm³/mol. The molecule has 0 aliphatic carbocycles. The van der Waals surface area contributed by atoms with Crippen LogP contribution in [0.25, 0.3) is 0 Å². The fourth-order valence-corrected chi connectivity index (χ4v) is 4.94. The summed E-state index contributed by atoms with van der Waals surface area (Å²) in [6.07, 6.45) is 52.2. The predicted octanol–water partition coefficient (Wildman–Crippen LogP) is 12.3. The Morgan fingerprint density at radius 3 is 1.50 bits per heavy atom. The number of carbonyl (C=O) groups is 1. The molecule has 0 saturated heterocycles. The largest absolute Gasteiger partial charge is 0.457 e. The Balaban J connectivity index is 3.55. The van der Waals surface area contributed by atoms with Gasteiger partial charge in [-0.05, 0) is 83.5 Å². The highest BCUT2D eigenvalue weighted by Crippen LogP contribution is 2.11. The summed E-state index contributed by atoms with van der Waals surface area (Å²) in [6, 6.07) is 0. The minimum Gasteiger partial charge on any atom is -0.457 e. The molecule has 0 spiro atoms. The summed E-state index contributed by atoms with van der Waals surface area (Å²) < 4.78 is 11.1. The van der Waals surface area contributed by atoms with Crippen molar-refractivity contribution in [1.82, 2.24) is 0 Å². The number of aliphatic hydroxyl groups is 1. The van der Waals surface area contributed by atoms with Gasteiger partial charge in [-0.3, -0.25) is 4.79 Å². The third-order valence-electron chi connectivity index (χ3n) is 7.77. The van der Waals surface area contributed by atoms with Gasteiger partial charge in [-0.25, -0.2) is 0 Å². The fourth-order valence-electron chi connectivity index (χ4n) is 4.94. The van der Waals surface area contributed by atoms with Crippen LogP contribution in [-0.4, -0.2) is 37.0 Å². The normalized spacial score (nSPS) is 13.2. The fraction of sp³-hybridized carbons (Fsp3) is 0.690. The first-order valence-corrected chi connectivity index (χ1v) is 19.0. The Kier molecular flexibility index (Phi) is 37.2. The van der Waals surface area contributed by atoms with Crippen molar-refractivity contribution in [3.05, 3.63) is 72.9 Å². The molecule has 0 saturated carbocycles. The van der Waals surface area contributed by atoms with Crippen LogP contribution in [0.15, 0.2) is 72.9 Å². The number of hydrogen-bond donors (Lipinski definition) is 1. The molecule has 0 aliphatic heterocycles. The van der Waals surface area contributed by atoms with Gasteiger partial charge in [0.05, 0.1) is 13.2 Å². The Bertz CT molecular complexity index is 804. The lowest BCUT2D eigenvalue weighted by Gasteiger charge is -2.15. The third kappa shape index (κ3) is 36.3. The molecule has 0 aromatic heterocycles. The number of aliphatic hydroxyl groups excluding tert-OH is 1. The molecular formula is C42H72O4. The average Bonchev–Trinajstić information content (AvgIpc) is 3.06. The third-order valence-corrected chi connectivity index (χ3v) is 7.77. The molecule has 1 unspecified atom stereocenters. The smallest absolute Gasteiger partial charge is 0.306 e. The van der Waals surface area contributed by atoms with Gasteiger partial charge < -0.3 is 14.6 Å². The molecule has 0 bridgehead atoms. The lowest BCUT2D eigenvalue weighted by Crippen LogP contribution is -2.27. The van der Waals surface area contributed by atoms with E-state index in [1.807, 2.05) is 0 Å². The zero-order valence-electron chi connectivity index (χ0n) is 30.1. The van der Waals surface area contributed by atoms with Gasteiger partial charge in [0.15, 0.2) is 0 Å². The number of unbranched alkanes of at least 4 members (excludes halogenated alkanes) is 14. The van der Waals surface area contributed by atoms with E-state index in [1.54, 1.807) is 0 Å². The molecule has 4 heteroatoms. The first-order chi connectivity index (χ1) is 22.7. The molecule has 0 aromatic carbocycles. The summed E-state index contributed by atoms with van der Waals surface area (Å²) in [6.45, 7) is 5.16. The molecule has 0 aromatic rings. The summed E-state index contributed by atoms with van der Waals surface area (Å²) >= 11 is 0. The van der Waals surface area contributed by atoms with E-state index >= 15 is 0 Å². The second-order valence-electron chi connectivity index (χ2n) is 12.3. The van der Waals surface area contributed by atoms with Crippen LogP contribution in [0.2, 0.25) is 0 Å². The number of ether oxygens (including phenoxy) is 2. The maximum atomic E-state index is 12.2. The van der Waals surface area contributed by atoms with E-state index in [0.717, 1.165) is 64.2 Å². The number of esters is 1. The van der Waals surface area contributed by atoms with Crippen molar-refractivity contribution >= 4 is 5.97 Å². The lowest BCUT2D eigenvalue weighted by atomic mass is 10.1. The molecule has 4 nitrogen and oxygen atoms in total. The van der Waals surface area contributed by atoms with E-state index in [1.165, 1.54) is 77.0 Å². The maximum Gasteiger partial charge on any atom is 0.306 e. The van der Waals surface area contributed by atoms with Gasteiger partial charge in [-0.2, -0.15) is 0 Å². The lowest BCUT2D eigenvalue weighted by molar-refractivity contribution is -0.154. The molecule has 46 heavy (non-hydrogen) atoms. The van der Waals surface area contributed by atoms with Crippen molar-refractivity contribution in [2.24, 2.45) is 0 Å². The van der Waals surface area contributed by atoms with Crippen LogP contribution in [0.4, 0.5) is 0 Å². The second-order valence-corrected chi connectivity index (χ2v) is 12.3. The van der Waals surface area contributed by atoms with Gasteiger partial charge >= 0.3 is 5.97 Å². The quantitative estimate of drug-likeness (QED) is 0.0432. The Morgan fingerprint density at radius 2 is 0.978 bits per heavy atom. The Hall–Kier alpha value is -2.17. The van der Waals surface area contributed by atoms with E-state index in [4.69, 9.17) is 9.47 Å². The van der Waals surface area contributed by atoms with E-state index in [-0.39, 0.29) is 19.2 Å². The topological polar surface area (TPSA) is 55.8 Å². The highest BCUT2D eigenvalue weighted by molar-refractivity contribution is 5.69. The van der Waals surface area contributed by atoms with Crippen molar-refractivity contribution in [2.45, 2.75) is 168 Å². The molecule has 0 amide bonds. The van der Waals surface area contributed by atoms with Crippen molar-refractivity contribution in [3.8, 4) is 0 Å². The minimum atomic E-state index is -0.550. The van der Waals surface area contributed by atoms with Crippen LogP contribution in [0.5, 0.6) is 0 Å². The monoisotopic (exact) mass is 641 g/mol. The molecule has 0 rings (SSSR count). The zero-order valence-corrected chi connectivity index (χ0v) is 30.1. The van der Waals surface area contributed by atoms with Gasteiger partial charge in [0.2, 0.25) is 0 Å². The number of allylic oxidation sites excluding steroid dienone is 12. The van der Waals surface area contributed by atoms with Gasteiger partial charge in [0, 0.05) is 13.0 Å². The van der Waals surface area contributed by atoms with Gasteiger partial charge in [0.1, 0.15) is 6.10 Å².